The lowest BCUT2D eigenvalue weighted by molar-refractivity contribution is -0.123. The smallest absolute Gasteiger partial charge is 0.220 e. The number of nitrogens with one attached hydrogen (secondary N) is 1. The molecular formula is C47H81NO3. The van der Waals surface area contributed by atoms with Crippen LogP contribution in [0.25, 0.3) is 0 Å². The largest absolute Gasteiger partial charge is 0.394 e. The molecule has 0 aromatic carbocycles. The van der Waals surface area contributed by atoms with E-state index < -0.39 is 12.1 Å². The zero-order chi connectivity index (χ0) is 37.1. The van der Waals surface area contributed by atoms with E-state index >= 15 is 0 Å². The van der Waals surface area contributed by atoms with Gasteiger partial charge in [0.25, 0.3) is 0 Å². The quantitative estimate of drug-likeness (QED) is 0.0445. The van der Waals surface area contributed by atoms with Crippen molar-refractivity contribution in [2.75, 3.05) is 6.61 Å². The molecule has 0 saturated carbocycles. The van der Waals surface area contributed by atoms with E-state index in [9.17, 15) is 15.0 Å². The summed E-state index contributed by atoms with van der Waals surface area (Å²) in [6.45, 7) is 4.16. The summed E-state index contributed by atoms with van der Waals surface area (Å²) in [4.78, 5) is 12.4. The fourth-order valence-corrected chi connectivity index (χ4v) is 5.87. The average Bonchev–Trinajstić information content (AvgIpc) is 3.13. The molecule has 0 aliphatic rings. The number of aliphatic hydroxyl groups is 2. The zero-order valence-electron chi connectivity index (χ0n) is 33.3. The van der Waals surface area contributed by atoms with Crippen LogP contribution in [0, 0.1) is 0 Å². The summed E-state index contributed by atoms with van der Waals surface area (Å²) in [5, 5.41) is 22.9. The van der Waals surface area contributed by atoms with Crippen molar-refractivity contribution in [3.05, 3.63) is 85.1 Å². The van der Waals surface area contributed by atoms with Gasteiger partial charge in [-0.25, -0.2) is 0 Å². The van der Waals surface area contributed by atoms with Gasteiger partial charge in [0.15, 0.2) is 0 Å². The highest BCUT2D eigenvalue weighted by atomic mass is 16.3. The highest BCUT2D eigenvalue weighted by Gasteiger charge is 2.17. The van der Waals surface area contributed by atoms with Crippen LogP contribution in [0.15, 0.2) is 85.1 Å². The minimum atomic E-state index is -0.868. The van der Waals surface area contributed by atoms with Crippen LogP contribution < -0.4 is 5.32 Å². The number of carbonyl (C=O) groups is 1. The van der Waals surface area contributed by atoms with E-state index in [-0.39, 0.29) is 12.5 Å². The molecule has 0 aromatic rings. The standard InChI is InChI=1S/C47H81NO3/c1-3-5-7-9-11-13-15-17-19-20-21-22-23-24-25-26-27-28-29-31-33-35-37-39-41-43-47(51)48-45(44-49)46(50)42-40-38-36-34-32-30-18-16-14-12-10-8-6-4-2/h5,7,11,13,17,19,21-22,24-25,32,34,40,42,45-46,49-50H,3-4,6,8-10,12,14-16,18,20,23,26-31,33,35-39,41,43-44H2,1-2H3,(H,48,51)/b7-5-,13-11-,19-17-,22-21-,25-24-,34-32+,42-40+. The van der Waals surface area contributed by atoms with Crippen LogP contribution in [0.5, 0.6) is 0 Å². The Morgan fingerprint density at radius 3 is 1.37 bits per heavy atom. The molecule has 292 valence electrons. The molecular weight excluding hydrogens is 627 g/mol. The third-order valence-electron chi connectivity index (χ3n) is 9.11. The molecule has 4 heteroatoms. The molecule has 0 aliphatic heterocycles. The number of amides is 1. The fraction of sp³-hybridized carbons (Fsp3) is 0.681. The second-order valence-electron chi connectivity index (χ2n) is 14.0. The predicted molar refractivity (Wildman–Crippen MR) is 225 cm³/mol. The molecule has 0 heterocycles. The predicted octanol–water partition coefficient (Wildman–Crippen LogP) is 13.3. The zero-order valence-corrected chi connectivity index (χ0v) is 33.3. The normalized spacial score (nSPS) is 13.9. The molecule has 0 fully saturated rings. The Balaban J connectivity index is 3.65. The van der Waals surface area contributed by atoms with Crippen molar-refractivity contribution in [1.29, 1.82) is 0 Å². The van der Waals surface area contributed by atoms with Crippen molar-refractivity contribution in [1.82, 2.24) is 5.32 Å². The first kappa shape index (κ1) is 48.6. The summed E-state index contributed by atoms with van der Waals surface area (Å²) in [5.41, 5.74) is 0. The molecule has 2 unspecified atom stereocenters. The monoisotopic (exact) mass is 708 g/mol. The Bertz CT molecular complexity index is 941. The maximum absolute atomic E-state index is 12.4. The molecule has 3 N–H and O–H groups in total. The Morgan fingerprint density at radius 2 is 0.882 bits per heavy atom. The lowest BCUT2D eigenvalue weighted by Gasteiger charge is -2.19. The molecule has 0 saturated heterocycles. The lowest BCUT2D eigenvalue weighted by Crippen LogP contribution is -2.45. The third-order valence-corrected chi connectivity index (χ3v) is 9.11. The fourth-order valence-electron chi connectivity index (χ4n) is 5.87. The maximum atomic E-state index is 12.4. The van der Waals surface area contributed by atoms with Gasteiger partial charge in [-0.2, -0.15) is 0 Å². The summed E-state index contributed by atoms with van der Waals surface area (Å²) in [7, 11) is 0. The van der Waals surface area contributed by atoms with E-state index in [1.165, 1.54) is 96.3 Å². The summed E-state index contributed by atoms with van der Waals surface area (Å²) in [6.07, 6.45) is 61.1. The van der Waals surface area contributed by atoms with Gasteiger partial charge < -0.3 is 15.5 Å². The van der Waals surface area contributed by atoms with Crippen LogP contribution in [0.4, 0.5) is 0 Å². The number of hydrogen-bond donors (Lipinski definition) is 3. The van der Waals surface area contributed by atoms with Crippen molar-refractivity contribution in [2.24, 2.45) is 0 Å². The summed E-state index contributed by atoms with van der Waals surface area (Å²) in [5.74, 6) is -0.0853. The second kappa shape index (κ2) is 42.0. The number of hydrogen-bond acceptors (Lipinski definition) is 3. The minimum Gasteiger partial charge on any atom is -0.394 e. The van der Waals surface area contributed by atoms with E-state index in [0.717, 1.165) is 70.6 Å². The van der Waals surface area contributed by atoms with Crippen molar-refractivity contribution < 1.29 is 15.0 Å². The molecule has 0 rings (SSSR count). The minimum absolute atomic E-state index is 0.0853. The number of allylic oxidation sites excluding steroid dienone is 13. The van der Waals surface area contributed by atoms with Crippen LogP contribution in [-0.2, 0) is 4.79 Å². The first-order valence-corrected chi connectivity index (χ1v) is 21.3. The number of aliphatic hydroxyl groups excluding tert-OH is 2. The highest BCUT2D eigenvalue weighted by molar-refractivity contribution is 5.76. The Labute approximate surface area is 316 Å². The molecule has 1 amide bonds. The maximum Gasteiger partial charge on any atom is 0.220 e. The molecule has 0 aromatic heterocycles. The van der Waals surface area contributed by atoms with Crippen molar-refractivity contribution in [3.8, 4) is 0 Å². The van der Waals surface area contributed by atoms with Gasteiger partial charge in [-0.15, -0.1) is 0 Å². The first-order valence-electron chi connectivity index (χ1n) is 21.3. The third kappa shape index (κ3) is 38.6. The summed E-state index contributed by atoms with van der Waals surface area (Å²) >= 11 is 0. The molecule has 2 atom stereocenters. The molecule has 0 bridgehead atoms. The van der Waals surface area contributed by atoms with Gasteiger partial charge in [0.05, 0.1) is 18.8 Å². The van der Waals surface area contributed by atoms with Crippen molar-refractivity contribution in [2.45, 2.75) is 199 Å². The van der Waals surface area contributed by atoms with Crippen molar-refractivity contribution >= 4 is 5.91 Å². The van der Waals surface area contributed by atoms with E-state index in [0.29, 0.717) is 6.42 Å². The molecule has 4 nitrogen and oxygen atoms in total. The van der Waals surface area contributed by atoms with E-state index in [4.69, 9.17) is 0 Å². The van der Waals surface area contributed by atoms with Crippen molar-refractivity contribution in [3.63, 3.8) is 0 Å². The van der Waals surface area contributed by atoms with Gasteiger partial charge in [0.1, 0.15) is 0 Å². The Kier molecular flexibility index (Phi) is 40.0. The molecule has 0 radical (unpaired) electrons. The van der Waals surface area contributed by atoms with Gasteiger partial charge in [-0.1, -0.05) is 189 Å². The van der Waals surface area contributed by atoms with Crippen LogP contribution in [0.1, 0.15) is 187 Å². The average molecular weight is 708 g/mol. The van der Waals surface area contributed by atoms with Gasteiger partial charge >= 0.3 is 0 Å². The first-order chi connectivity index (χ1) is 25.2. The Hall–Kier alpha value is -2.43. The van der Waals surface area contributed by atoms with Crippen LogP contribution in [0.2, 0.25) is 0 Å². The number of unbranched alkanes of at least 4 members (excludes halogenated alkanes) is 18. The lowest BCUT2D eigenvalue weighted by atomic mass is 10.1. The van der Waals surface area contributed by atoms with E-state index in [1.807, 2.05) is 6.08 Å². The van der Waals surface area contributed by atoms with E-state index in [2.05, 4.69) is 92.1 Å². The highest BCUT2D eigenvalue weighted by Crippen LogP contribution is 2.13. The molecule has 51 heavy (non-hydrogen) atoms. The van der Waals surface area contributed by atoms with Crippen LogP contribution in [0.3, 0.4) is 0 Å². The second-order valence-corrected chi connectivity index (χ2v) is 14.0. The summed E-state index contributed by atoms with van der Waals surface area (Å²) < 4.78 is 0. The van der Waals surface area contributed by atoms with Gasteiger partial charge in [-0.05, 0) is 77.0 Å². The van der Waals surface area contributed by atoms with E-state index in [1.54, 1.807) is 6.08 Å². The number of carbonyl (C=O) groups excluding carboxylic acids is 1. The Morgan fingerprint density at radius 1 is 0.490 bits per heavy atom. The molecule has 0 spiro atoms. The summed E-state index contributed by atoms with van der Waals surface area (Å²) in [6, 6.07) is -0.646. The topological polar surface area (TPSA) is 69.6 Å². The van der Waals surface area contributed by atoms with Crippen LogP contribution >= 0.6 is 0 Å². The number of rotatable bonds is 37. The van der Waals surface area contributed by atoms with Gasteiger partial charge in [0, 0.05) is 6.42 Å². The SMILES string of the molecule is CC/C=C\C/C=C\C/C=C\C/C=C\C/C=C\CCCCCCCCCCCC(=O)NC(CO)C(O)/C=C/CC/C=C/CCCCCCCCCC. The van der Waals surface area contributed by atoms with Crippen LogP contribution in [-0.4, -0.2) is 34.9 Å². The van der Waals surface area contributed by atoms with Gasteiger partial charge in [0.2, 0.25) is 5.91 Å². The molecule has 0 aliphatic carbocycles. The van der Waals surface area contributed by atoms with Gasteiger partial charge in [-0.3, -0.25) is 4.79 Å².